The molecule has 5 nitrogen and oxygen atoms in total. The zero-order valence-electron chi connectivity index (χ0n) is 14.7. The van der Waals surface area contributed by atoms with E-state index in [-0.39, 0.29) is 18.6 Å². The van der Waals surface area contributed by atoms with Gasteiger partial charge in [-0.3, -0.25) is 4.79 Å². The third-order valence-electron chi connectivity index (χ3n) is 5.42. The van der Waals surface area contributed by atoms with Crippen LogP contribution in [0.3, 0.4) is 0 Å². The Labute approximate surface area is 161 Å². The molecular weight excluding hydrogens is 364 g/mol. The van der Waals surface area contributed by atoms with E-state index in [9.17, 15) is 4.79 Å². The quantitative estimate of drug-likeness (QED) is 0.720. The van der Waals surface area contributed by atoms with Crippen molar-refractivity contribution in [1.82, 2.24) is 10.3 Å². The maximum atomic E-state index is 12.7. The number of aromatic nitrogens is 1. The van der Waals surface area contributed by atoms with Crippen LogP contribution >= 0.6 is 11.6 Å². The lowest BCUT2D eigenvalue weighted by molar-refractivity contribution is -0.125. The van der Waals surface area contributed by atoms with Gasteiger partial charge in [-0.25, -0.2) is 0 Å². The number of amides is 1. The van der Waals surface area contributed by atoms with Gasteiger partial charge in [0, 0.05) is 34.1 Å². The summed E-state index contributed by atoms with van der Waals surface area (Å²) in [5.74, 6) is 1.56. The molecule has 0 spiro atoms. The second-order valence-electron chi connectivity index (χ2n) is 7.12. The molecule has 1 atom stereocenters. The lowest BCUT2D eigenvalue weighted by atomic mass is 9.86. The second-order valence-corrected chi connectivity index (χ2v) is 7.55. The van der Waals surface area contributed by atoms with Crippen LogP contribution in [0.4, 0.5) is 0 Å². The standard InChI is InChI=1S/C21H19ClN2O3/c22-14-3-5-18-16(9-14)15-8-13(2-4-17(15)24-18)21(25)23-10-12-1-6-19-20(7-12)27-11-26-19/h1,3,5-7,9,13,24H,2,4,8,10-11H2,(H,23,25). The highest BCUT2D eigenvalue weighted by Crippen LogP contribution is 2.34. The Hall–Kier alpha value is -2.66. The maximum Gasteiger partial charge on any atom is 0.231 e. The van der Waals surface area contributed by atoms with Gasteiger partial charge in [-0.2, -0.15) is 0 Å². The Balaban J connectivity index is 1.29. The van der Waals surface area contributed by atoms with Crippen LogP contribution < -0.4 is 14.8 Å². The zero-order chi connectivity index (χ0) is 18.4. The predicted octanol–water partition coefficient (Wildman–Crippen LogP) is 3.97. The largest absolute Gasteiger partial charge is 0.454 e. The lowest BCUT2D eigenvalue weighted by Crippen LogP contribution is -2.33. The number of benzene rings is 2. The average Bonchev–Trinajstić information content (AvgIpc) is 3.29. The number of H-pyrrole nitrogens is 1. The zero-order valence-corrected chi connectivity index (χ0v) is 15.4. The van der Waals surface area contributed by atoms with Crippen LogP contribution in [-0.4, -0.2) is 17.7 Å². The molecule has 5 rings (SSSR count). The first-order valence-electron chi connectivity index (χ1n) is 9.12. The SMILES string of the molecule is O=C(NCc1ccc2c(c1)OCO2)C1CCc2[nH]c3ccc(Cl)cc3c2C1. The molecule has 1 aliphatic carbocycles. The van der Waals surface area contributed by atoms with Gasteiger partial charge in [0.15, 0.2) is 11.5 Å². The van der Waals surface area contributed by atoms with E-state index in [1.807, 2.05) is 36.4 Å². The topological polar surface area (TPSA) is 63.4 Å². The number of ether oxygens (including phenoxy) is 2. The van der Waals surface area contributed by atoms with Crippen molar-refractivity contribution in [3.63, 3.8) is 0 Å². The highest BCUT2D eigenvalue weighted by atomic mass is 35.5. The Morgan fingerprint density at radius 3 is 3.00 bits per heavy atom. The third kappa shape index (κ3) is 3.02. The number of aryl methyl sites for hydroxylation is 1. The number of carbonyl (C=O) groups is 1. The Morgan fingerprint density at radius 1 is 1.19 bits per heavy atom. The van der Waals surface area contributed by atoms with E-state index < -0.39 is 0 Å². The minimum Gasteiger partial charge on any atom is -0.454 e. The molecule has 2 N–H and O–H groups in total. The van der Waals surface area contributed by atoms with Crippen LogP contribution in [0.5, 0.6) is 11.5 Å². The first kappa shape index (κ1) is 16.5. The second kappa shape index (κ2) is 6.50. The molecule has 2 aliphatic rings. The van der Waals surface area contributed by atoms with E-state index in [0.717, 1.165) is 52.3 Å². The van der Waals surface area contributed by atoms with Crippen molar-refractivity contribution in [3.05, 3.63) is 58.2 Å². The molecule has 2 heterocycles. The number of halogens is 1. The fraction of sp³-hybridized carbons (Fsp3) is 0.286. The monoisotopic (exact) mass is 382 g/mol. The summed E-state index contributed by atoms with van der Waals surface area (Å²) in [4.78, 5) is 16.2. The van der Waals surface area contributed by atoms with Gasteiger partial charge in [-0.15, -0.1) is 0 Å². The molecule has 0 saturated carbocycles. The molecular formula is C21H19ClN2O3. The molecule has 2 aromatic carbocycles. The third-order valence-corrected chi connectivity index (χ3v) is 5.66. The van der Waals surface area contributed by atoms with Gasteiger partial charge in [-0.1, -0.05) is 17.7 Å². The van der Waals surface area contributed by atoms with E-state index in [4.69, 9.17) is 21.1 Å². The van der Waals surface area contributed by atoms with Gasteiger partial charge in [0.1, 0.15) is 0 Å². The van der Waals surface area contributed by atoms with Crippen molar-refractivity contribution in [2.45, 2.75) is 25.8 Å². The van der Waals surface area contributed by atoms with Gasteiger partial charge in [0.2, 0.25) is 12.7 Å². The first-order chi connectivity index (χ1) is 13.2. The number of carbonyl (C=O) groups excluding carboxylic acids is 1. The summed E-state index contributed by atoms with van der Waals surface area (Å²) >= 11 is 6.16. The summed E-state index contributed by atoms with van der Waals surface area (Å²) in [6.45, 7) is 0.739. The van der Waals surface area contributed by atoms with Crippen LogP contribution in [0.25, 0.3) is 10.9 Å². The number of rotatable bonds is 3. The normalized spacial score (nSPS) is 17.7. The van der Waals surface area contributed by atoms with Gasteiger partial charge >= 0.3 is 0 Å². The van der Waals surface area contributed by atoms with Crippen molar-refractivity contribution >= 4 is 28.4 Å². The van der Waals surface area contributed by atoms with E-state index in [1.54, 1.807) is 0 Å². The van der Waals surface area contributed by atoms with Crippen LogP contribution in [0.2, 0.25) is 5.02 Å². The summed E-state index contributed by atoms with van der Waals surface area (Å²) in [5, 5.41) is 4.92. The van der Waals surface area contributed by atoms with Gasteiger partial charge in [0.05, 0.1) is 0 Å². The smallest absolute Gasteiger partial charge is 0.231 e. The van der Waals surface area contributed by atoms with E-state index in [1.165, 1.54) is 11.3 Å². The Bertz CT molecular complexity index is 1040. The fourth-order valence-electron chi connectivity index (χ4n) is 4.00. The number of aromatic amines is 1. The van der Waals surface area contributed by atoms with E-state index in [0.29, 0.717) is 6.54 Å². The molecule has 138 valence electrons. The van der Waals surface area contributed by atoms with Crippen molar-refractivity contribution in [3.8, 4) is 11.5 Å². The average molecular weight is 383 g/mol. The predicted molar refractivity (Wildman–Crippen MR) is 103 cm³/mol. The van der Waals surface area contributed by atoms with Gasteiger partial charge in [-0.05, 0) is 60.7 Å². The molecule has 0 saturated heterocycles. The fourth-order valence-corrected chi connectivity index (χ4v) is 4.17. The summed E-state index contributed by atoms with van der Waals surface area (Å²) in [6.07, 6.45) is 2.47. The molecule has 0 bridgehead atoms. The number of nitrogens with one attached hydrogen (secondary N) is 2. The van der Waals surface area contributed by atoms with Gasteiger partial charge in [0.25, 0.3) is 0 Å². The minimum absolute atomic E-state index is 0.0236. The van der Waals surface area contributed by atoms with Crippen LogP contribution in [0.15, 0.2) is 36.4 Å². The molecule has 0 radical (unpaired) electrons. The highest BCUT2D eigenvalue weighted by Gasteiger charge is 2.27. The molecule has 27 heavy (non-hydrogen) atoms. The molecule has 0 fully saturated rings. The van der Waals surface area contributed by atoms with Crippen molar-refractivity contribution in [2.24, 2.45) is 5.92 Å². The lowest BCUT2D eigenvalue weighted by Gasteiger charge is -2.22. The highest BCUT2D eigenvalue weighted by molar-refractivity contribution is 6.31. The number of fused-ring (bicyclic) bond motifs is 4. The van der Waals surface area contributed by atoms with Crippen LogP contribution in [0, 0.1) is 5.92 Å². The van der Waals surface area contributed by atoms with E-state index in [2.05, 4.69) is 10.3 Å². The molecule has 1 amide bonds. The molecule has 1 unspecified atom stereocenters. The number of hydrogen-bond acceptors (Lipinski definition) is 3. The summed E-state index contributed by atoms with van der Waals surface area (Å²) in [5.41, 5.74) is 4.54. The summed E-state index contributed by atoms with van der Waals surface area (Å²) in [6, 6.07) is 11.6. The molecule has 3 aromatic rings. The van der Waals surface area contributed by atoms with Crippen molar-refractivity contribution in [1.29, 1.82) is 0 Å². The first-order valence-corrected chi connectivity index (χ1v) is 9.50. The van der Waals surface area contributed by atoms with E-state index >= 15 is 0 Å². The van der Waals surface area contributed by atoms with Crippen molar-refractivity contribution < 1.29 is 14.3 Å². The van der Waals surface area contributed by atoms with Crippen LogP contribution in [0.1, 0.15) is 23.2 Å². The van der Waals surface area contributed by atoms with Crippen LogP contribution in [-0.2, 0) is 24.2 Å². The molecule has 1 aliphatic heterocycles. The minimum atomic E-state index is -0.0236. The van der Waals surface area contributed by atoms with Gasteiger partial charge < -0.3 is 19.8 Å². The summed E-state index contributed by atoms with van der Waals surface area (Å²) in [7, 11) is 0. The summed E-state index contributed by atoms with van der Waals surface area (Å²) < 4.78 is 10.7. The molecule has 6 heteroatoms. The van der Waals surface area contributed by atoms with Crippen molar-refractivity contribution in [2.75, 3.05) is 6.79 Å². The maximum absolute atomic E-state index is 12.7. The number of hydrogen-bond donors (Lipinski definition) is 2. The molecule has 1 aromatic heterocycles. The Morgan fingerprint density at radius 2 is 2.07 bits per heavy atom. The Kier molecular flexibility index (Phi) is 3.97.